The van der Waals surface area contributed by atoms with Crippen LogP contribution in [0.25, 0.3) is 0 Å². The van der Waals surface area contributed by atoms with E-state index in [4.69, 9.17) is 21.3 Å². The monoisotopic (exact) mass is 227 g/mol. The van der Waals surface area contributed by atoms with E-state index in [0.29, 0.717) is 0 Å². The van der Waals surface area contributed by atoms with E-state index >= 15 is 0 Å². The van der Waals surface area contributed by atoms with Gasteiger partial charge in [-0.05, 0) is 29.8 Å². The van der Waals surface area contributed by atoms with Gasteiger partial charge in [-0.2, -0.15) is 0 Å². The highest BCUT2D eigenvalue weighted by molar-refractivity contribution is 6.13. The van der Waals surface area contributed by atoms with Crippen LogP contribution < -0.4 is 9.47 Å². The minimum Gasteiger partial charge on any atom is -0.493 e. The molecule has 0 aliphatic carbocycles. The highest BCUT2D eigenvalue weighted by Gasteiger charge is 2.20. The second-order valence-corrected chi connectivity index (χ2v) is 4.01. The second-order valence-electron chi connectivity index (χ2n) is 3.53. The quantitative estimate of drug-likeness (QED) is 0.724. The Bertz CT molecular complexity index is 368. The molecule has 0 spiro atoms. The molecule has 0 saturated heterocycles. The Morgan fingerprint density at radius 2 is 2.07 bits per heavy atom. The number of hydrogen-bond acceptors (Lipinski definition) is 3. The van der Waals surface area contributed by atoms with E-state index < -0.39 is 0 Å². The van der Waals surface area contributed by atoms with Gasteiger partial charge in [0.1, 0.15) is 0 Å². The van der Waals surface area contributed by atoms with Crippen molar-refractivity contribution in [3.05, 3.63) is 23.3 Å². The summed E-state index contributed by atoms with van der Waals surface area (Å²) in [6, 6.07) is 3.97. The van der Waals surface area contributed by atoms with Gasteiger partial charge in [0, 0.05) is 18.7 Å². The molecule has 0 atom stereocenters. The molecule has 3 nitrogen and oxygen atoms in total. The van der Waals surface area contributed by atoms with Gasteiger partial charge in [-0.15, -0.1) is 0 Å². The third-order valence-corrected chi connectivity index (χ3v) is 2.98. The first-order chi connectivity index (χ1) is 7.26. The number of rotatable bonds is 2. The molecule has 1 heterocycles. The van der Waals surface area contributed by atoms with Crippen LogP contribution in [0.4, 0.5) is 0 Å². The lowest BCUT2D eigenvalue weighted by Gasteiger charge is -2.25. The van der Waals surface area contributed by atoms with Crippen molar-refractivity contribution in [3.63, 3.8) is 0 Å². The van der Waals surface area contributed by atoms with E-state index in [1.807, 2.05) is 12.1 Å². The lowest BCUT2D eigenvalue weighted by Crippen LogP contribution is -2.22. The summed E-state index contributed by atoms with van der Waals surface area (Å²) in [5, 5.41) is 0. The van der Waals surface area contributed by atoms with Crippen molar-refractivity contribution in [2.75, 3.05) is 20.8 Å². The molecular formula is C11H14ClNO2. The molecule has 2 rings (SSSR count). The summed E-state index contributed by atoms with van der Waals surface area (Å²) in [7, 11) is 3.33. The SMILES string of the molecule is COc1ccc2c(c1OC)CCN(Cl)C2. The maximum Gasteiger partial charge on any atom is 0.164 e. The number of benzene rings is 1. The number of fused-ring (bicyclic) bond motifs is 1. The summed E-state index contributed by atoms with van der Waals surface area (Å²) in [5.74, 6) is 1.64. The van der Waals surface area contributed by atoms with Gasteiger partial charge >= 0.3 is 0 Å². The first kappa shape index (κ1) is 10.6. The Kier molecular flexibility index (Phi) is 3.03. The summed E-state index contributed by atoms with van der Waals surface area (Å²) in [5.41, 5.74) is 2.43. The summed E-state index contributed by atoms with van der Waals surface area (Å²) in [6.45, 7) is 1.61. The van der Waals surface area contributed by atoms with Crippen molar-refractivity contribution >= 4 is 11.8 Å². The van der Waals surface area contributed by atoms with E-state index in [1.165, 1.54) is 11.1 Å². The Labute approximate surface area is 94.7 Å². The van der Waals surface area contributed by atoms with Crippen LogP contribution in [0.2, 0.25) is 0 Å². The molecule has 82 valence electrons. The van der Waals surface area contributed by atoms with Crippen molar-refractivity contribution in [1.82, 2.24) is 4.42 Å². The maximum absolute atomic E-state index is 5.97. The van der Waals surface area contributed by atoms with Gasteiger partial charge in [-0.25, -0.2) is 4.42 Å². The Balaban J connectivity index is 2.46. The predicted molar refractivity (Wildman–Crippen MR) is 59.5 cm³/mol. The molecule has 1 aliphatic rings. The minimum atomic E-state index is 0.761. The summed E-state index contributed by atoms with van der Waals surface area (Å²) in [4.78, 5) is 0. The molecule has 1 aliphatic heterocycles. The summed E-state index contributed by atoms with van der Waals surface area (Å²) >= 11 is 5.97. The first-order valence-electron chi connectivity index (χ1n) is 4.89. The number of hydrogen-bond donors (Lipinski definition) is 0. The van der Waals surface area contributed by atoms with E-state index in [2.05, 4.69) is 0 Å². The zero-order chi connectivity index (χ0) is 10.8. The van der Waals surface area contributed by atoms with Crippen molar-refractivity contribution in [3.8, 4) is 11.5 Å². The van der Waals surface area contributed by atoms with Crippen LogP contribution in [0.3, 0.4) is 0 Å². The zero-order valence-corrected chi connectivity index (χ0v) is 9.67. The average molecular weight is 228 g/mol. The predicted octanol–water partition coefficient (Wildman–Crippen LogP) is 2.22. The van der Waals surface area contributed by atoms with Crippen LogP contribution in [-0.4, -0.2) is 25.2 Å². The highest BCUT2D eigenvalue weighted by Crippen LogP contribution is 2.36. The average Bonchev–Trinajstić information content (AvgIpc) is 2.27. The molecule has 0 aromatic heterocycles. The largest absolute Gasteiger partial charge is 0.493 e. The van der Waals surface area contributed by atoms with E-state index in [0.717, 1.165) is 31.0 Å². The van der Waals surface area contributed by atoms with Crippen molar-refractivity contribution < 1.29 is 9.47 Å². The lowest BCUT2D eigenvalue weighted by atomic mass is 9.99. The van der Waals surface area contributed by atoms with Crippen LogP contribution in [0, 0.1) is 0 Å². The third kappa shape index (κ3) is 1.90. The van der Waals surface area contributed by atoms with Crippen LogP contribution >= 0.6 is 11.8 Å². The number of ether oxygens (including phenoxy) is 2. The van der Waals surface area contributed by atoms with Crippen LogP contribution in [0.5, 0.6) is 11.5 Å². The number of nitrogens with zero attached hydrogens (tertiary/aromatic N) is 1. The van der Waals surface area contributed by atoms with E-state index in [-0.39, 0.29) is 0 Å². The van der Waals surface area contributed by atoms with Gasteiger partial charge < -0.3 is 9.47 Å². The topological polar surface area (TPSA) is 21.7 Å². The number of halogens is 1. The molecule has 0 radical (unpaired) electrons. The van der Waals surface area contributed by atoms with Gasteiger partial charge in [0.25, 0.3) is 0 Å². The maximum atomic E-state index is 5.97. The standard InChI is InChI=1S/C11H14ClNO2/c1-14-10-4-3-8-7-13(12)6-5-9(8)11(10)15-2/h3-4H,5-7H2,1-2H3. The van der Waals surface area contributed by atoms with Gasteiger partial charge in [0.05, 0.1) is 14.2 Å². The highest BCUT2D eigenvalue weighted by atomic mass is 35.5. The van der Waals surface area contributed by atoms with Crippen molar-refractivity contribution in [2.45, 2.75) is 13.0 Å². The zero-order valence-electron chi connectivity index (χ0n) is 8.92. The summed E-state index contributed by atoms with van der Waals surface area (Å²) in [6.07, 6.45) is 0.902. The molecular weight excluding hydrogens is 214 g/mol. The molecule has 0 amide bonds. The molecule has 0 fully saturated rings. The molecule has 15 heavy (non-hydrogen) atoms. The van der Waals surface area contributed by atoms with Gasteiger partial charge in [-0.1, -0.05) is 6.07 Å². The third-order valence-electron chi connectivity index (χ3n) is 2.69. The van der Waals surface area contributed by atoms with Gasteiger partial charge in [0.2, 0.25) is 0 Å². The number of methoxy groups -OCH3 is 2. The normalized spacial score (nSPS) is 15.9. The molecule has 0 unspecified atom stereocenters. The molecule has 0 saturated carbocycles. The van der Waals surface area contributed by atoms with Crippen molar-refractivity contribution in [1.29, 1.82) is 0 Å². The second kappa shape index (κ2) is 4.29. The molecule has 1 aromatic rings. The van der Waals surface area contributed by atoms with Gasteiger partial charge in [0.15, 0.2) is 11.5 Å². The summed E-state index contributed by atoms with van der Waals surface area (Å²) < 4.78 is 12.4. The van der Waals surface area contributed by atoms with E-state index in [1.54, 1.807) is 18.6 Å². The lowest BCUT2D eigenvalue weighted by molar-refractivity contribution is 0.343. The minimum absolute atomic E-state index is 0.761. The fourth-order valence-electron chi connectivity index (χ4n) is 1.95. The van der Waals surface area contributed by atoms with E-state index in [9.17, 15) is 0 Å². The smallest absolute Gasteiger partial charge is 0.164 e. The van der Waals surface area contributed by atoms with Crippen molar-refractivity contribution in [2.24, 2.45) is 0 Å². The Morgan fingerprint density at radius 3 is 2.73 bits per heavy atom. The van der Waals surface area contributed by atoms with Crippen LogP contribution in [0.1, 0.15) is 11.1 Å². The van der Waals surface area contributed by atoms with Crippen LogP contribution in [-0.2, 0) is 13.0 Å². The Hall–Kier alpha value is -0.930. The fourth-order valence-corrected chi connectivity index (χ4v) is 2.16. The fraction of sp³-hybridized carbons (Fsp3) is 0.455. The molecule has 0 bridgehead atoms. The Morgan fingerprint density at radius 1 is 1.27 bits per heavy atom. The molecule has 1 aromatic carbocycles. The molecule has 4 heteroatoms. The van der Waals surface area contributed by atoms with Gasteiger partial charge in [-0.3, -0.25) is 0 Å². The van der Waals surface area contributed by atoms with Crippen LogP contribution in [0.15, 0.2) is 12.1 Å². The first-order valence-corrected chi connectivity index (χ1v) is 5.23. The molecule has 0 N–H and O–H groups in total.